The fourth-order valence-electron chi connectivity index (χ4n) is 3.82. The van der Waals surface area contributed by atoms with Crippen LogP contribution in [0.1, 0.15) is 52.0 Å². The van der Waals surface area contributed by atoms with Crippen molar-refractivity contribution < 1.29 is 9.59 Å². The summed E-state index contributed by atoms with van der Waals surface area (Å²) in [6.45, 7) is 6.65. The van der Waals surface area contributed by atoms with Crippen molar-refractivity contribution in [3.63, 3.8) is 0 Å². The van der Waals surface area contributed by atoms with E-state index in [1.165, 1.54) is 29.2 Å². The van der Waals surface area contributed by atoms with Gasteiger partial charge in [-0.2, -0.15) is 0 Å². The quantitative estimate of drug-likeness (QED) is 0.370. The lowest BCUT2D eigenvalue weighted by Gasteiger charge is -2.13. The van der Waals surface area contributed by atoms with Gasteiger partial charge in [0.1, 0.15) is 4.70 Å². The van der Waals surface area contributed by atoms with Crippen molar-refractivity contribution in [1.29, 1.82) is 0 Å². The molecule has 0 saturated carbocycles. The highest BCUT2D eigenvalue weighted by Crippen LogP contribution is 2.32. The van der Waals surface area contributed by atoms with Crippen molar-refractivity contribution in [1.82, 2.24) is 14.5 Å². The van der Waals surface area contributed by atoms with Gasteiger partial charge in [0.15, 0.2) is 5.78 Å². The molecule has 1 atom stereocenters. The molecule has 0 aliphatic heterocycles. The van der Waals surface area contributed by atoms with Crippen molar-refractivity contribution in [2.45, 2.75) is 33.7 Å². The maximum Gasteiger partial charge on any atom is 0.271 e. The number of Topliss-reactive ketones (excluding diaryl/α,β-unsaturated/α-hetero) is 2. The molecule has 0 aliphatic rings. The average Bonchev–Trinajstić information content (AvgIpc) is 3.29. The van der Waals surface area contributed by atoms with Crippen LogP contribution in [0.2, 0.25) is 0 Å². The minimum Gasteiger partial charge on any atom is -0.355 e. The highest BCUT2D eigenvalue weighted by molar-refractivity contribution is 9.10. The topological polar surface area (TPSA) is 84.8 Å². The number of halogens is 1. The third kappa shape index (κ3) is 3.70. The number of hydrogen-bond acceptors (Lipinski definition) is 5. The van der Waals surface area contributed by atoms with Gasteiger partial charge in [0.2, 0.25) is 5.78 Å². The van der Waals surface area contributed by atoms with Crippen molar-refractivity contribution in [3.8, 4) is 10.4 Å². The van der Waals surface area contributed by atoms with Gasteiger partial charge in [-0.3, -0.25) is 19.0 Å². The molecule has 3 heterocycles. The average molecular weight is 498 g/mol. The molecule has 0 radical (unpaired) electrons. The minimum absolute atomic E-state index is 0.0998. The Bertz CT molecular complexity index is 1400. The molecule has 0 bridgehead atoms. The van der Waals surface area contributed by atoms with Crippen LogP contribution >= 0.6 is 27.3 Å². The molecule has 0 unspecified atom stereocenters. The number of hydrogen-bond donors (Lipinski definition) is 1. The predicted octanol–water partition coefficient (Wildman–Crippen LogP) is 5.48. The van der Waals surface area contributed by atoms with Crippen LogP contribution in [-0.4, -0.2) is 26.1 Å². The molecular weight excluding hydrogens is 478 g/mol. The number of carbonyl (C=O) groups is 2. The Labute approximate surface area is 191 Å². The first-order valence-corrected chi connectivity index (χ1v) is 11.3. The summed E-state index contributed by atoms with van der Waals surface area (Å²) in [7, 11) is 0. The van der Waals surface area contributed by atoms with E-state index < -0.39 is 6.04 Å². The number of benzene rings is 1. The number of thiophene rings is 1. The number of carbonyl (C=O) groups excluding carboxylic acids is 2. The molecule has 0 fully saturated rings. The molecule has 8 heteroatoms. The first-order chi connectivity index (χ1) is 14.7. The Kier molecular flexibility index (Phi) is 5.53. The molecule has 1 aromatic carbocycles. The Morgan fingerprint density at radius 1 is 1.19 bits per heavy atom. The van der Waals surface area contributed by atoms with Gasteiger partial charge in [0.05, 0.1) is 23.6 Å². The Morgan fingerprint density at radius 2 is 1.87 bits per heavy atom. The van der Waals surface area contributed by atoms with Crippen LogP contribution in [0.4, 0.5) is 0 Å². The minimum atomic E-state index is -0.765. The van der Waals surface area contributed by atoms with Gasteiger partial charge in [0.25, 0.3) is 5.56 Å². The lowest BCUT2D eigenvalue weighted by molar-refractivity contribution is 0.0927. The lowest BCUT2D eigenvalue weighted by Crippen LogP contribution is -2.28. The normalized spacial score (nSPS) is 12.3. The van der Waals surface area contributed by atoms with Crippen molar-refractivity contribution in [2.75, 3.05) is 0 Å². The number of aromatic amines is 1. The van der Waals surface area contributed by atoms with Gasteiger partial charge in [-0.1, -0.05) is 28.1 Å². The zero-order chi connectivity index (χ0) is 22.4. The molecule has 0 saturated heterocycles. The predicted molar refractivity (Wildman–Crippen MR) is 126 cm³/mol. The van der Waals surface area contributed by atoms with E-state index in [4.69, 9.17) is 0 Å². The third-order valence-corrected chi connectivity index (χ3v) is 7.11. The summed E-state index contributed by atoms with van der Waals surface area (Å²) in [6.07, 6.45) is 1.42. The molecule has 6 nitrogen and oxygen atoms in total. The van der Waals surface area contributed by atoms with Gasteiger partial charge < -0.3 is 4.98 Å². The van der Waals surface area contributed by atoms with E-state index >= 15 is 0 Å². The third-order valence-electron chi connectivity index (χ3n) is 5.42. The van der Waals surface area contributed by atoms with Crippen molar-refractivity contribution in [3.05, 3.63) is 74.0 Å². The van der Waals surface area contributed by atoms with Crippen molar-refractivity contribution in [2.24, 2.45) is 0 Å². The Balaban J connectivity index is 1.74. The van der Waals surface area contributed by atoms with Crippen LogP contribution < -0.4 is 5.56 Å². The highest BCUT2D eigenvalue weighted by Gasteiger charge is 2.26. The summed E-state index contributed by atoms with van der Waals surface area (Å²) in [5, 5.41) is 0. The second-order valence-electron chi connectivity index (χ2n) is 7.51. The highest BCUT2D eigenvalue weighted by atomic mass is 79.9. The molecule has 0 amide bonds. The fraction of sp³-hybridized carbons (Fsp3) is 0.217. The molecule has 3 aromatic heterocycles. The number of aryl methyl sites for hydroxylation is 1. The first-order valence-electron chi connectivity index (χ1n) is 9.70. The maximum atomic E-state index is 13.2. The van der Waals surface area contributed by atoms with Crippen LogP contribution in [0.5, 0.6) is 0 Å². The number of fused-ring (bicyclic) bond motifs is 1. The molecule has 31 heavy (non-hydrogen) atoms. The summed E-state index contributed by atoms with van der Waals surface area (Å²) in [5.74, 6) is -0.363. The largest absolute Gasteiger partial charge is 0.355 e. The van der Waals surface area contributed by atoms with Gasteiger partial charge in [0, 0.05) is 20.6 Å². The van der Waals surface area contributed by atoms with Gasteiger partial charge in [-0.15, -0.1) is 11.3 Å². The van der Waals surface area contributed by atoms with Crippen LogP contribution in [0.15, 0.2) is 45.9 Å². The van der Waals surface area contributed by atoms with Crippen LogP contribution in [-0.2, 0) is 0 Å². The first kappa shape index (κ1) is 21.4. The molecule has 1 N–H and O–H groups in total. The summed E-state index contributed by atoms with van der Waals surface area (Å²) in [4.78, 5) is 46.6. The fourth-order valence-corrected chi connectivity index (χ4v) is 5.13. The smallest absolute Gasteiger partial charge is 0.271 e. The van der Waals surface area contributed by atoms with E-state index in [0.717, 1.165) is 14.9 Å². The number of H-pyrrole nitrogens is 1. The summed E-state index contributed by atoms with van der Waals surface area (Å²) in [5.41, 5.74) is 3.48. The number of nitrogens with one attached hydrogen (secondary N) is 1. The molecular formula is C23H20BrN3O3S. The number of nitrogens with zero attached hydrogens (tertiary/aromatic N) is 2. The molecule has 4 aromatic rings. The maximum absolute atomic E-state index is 13.2. The van der Waals surface area contributed by atoms with Crippen LogP contribution in [0, 0.1) is 13.8 Å². The molecule has 4 rings (SSSR count). The van der Waals surface area contributed by atoms with Crippen molar-refractivity contribution >= 4 is 49.0 Å². The van der Waals surface area contributed by atoms with Crippen LogP contribution in [0.25, 0.3) is 20.7 Å². The molecule has 0 aliphatic carbocycles. The van der Waals surface area contributed by atoms with Gasteiger partial charge >= 0.3 is 0 Å². The monoisotopic (exact) mass is 497 g/mol. The number of ketones is 2. The molecule has 0 spiro atoms. The van der Waals surface area contributed by atoms with E-state index in [1.54, 1.807) is 20.8 Å². The zero-order valence-corrected chi connectivity index (χ0v) is 19.8. The number of aromatic nitrogens is 3. The van der Waals surface area contributed by atoms with E-state index in [-0.39, 0.29) is 17.1 Å². The molecule has 158 valence electrons. The van der Waals surface area contributed by atoms with Gasteiger partial charge in [-0.25, -0.2) is 4.98 Å². The van der Waals surface area contributed by atoms with E-state index in [9.17, 15) is 14.4 Å². The van der Waals surface area contributed by atoms with E-state index in [0.29, 0.717) is 32.7 Å². The lowest BCUT2D eigenvalue weighted by atomic mass is 10.0. The second-order valence-corrected chi connectivity index (χ2v) is 9.48. The summed E-state index contributed by atoms with van der Waals surface area (Å²) in [6, 6.07) is 8.97. The summed E-state index contributed by atoms with van der Waals surface area (Å²) < 4.78 is 2.84. The van der Waals surface area contributed by atoms with Gasteiger partial charge in [-0.05, 0) is 57.0 Å². The van der Waals surface area contributed by atoms with E-state index in [2.05, 4.69) is 25.9 Å². The SMILES string of the molecule is CC(=O)c1c(C)[nH]c(C(=O)[C@H](C)n2cnc3cc(-c4ccc(Br)cc4)sc3c2=O)c1C. The second kappa shape index (κ2) is 8.01. The summed E-state index contributed by atoms with van der Waals surface area (Å²) >= 11 is 4.79. The number of rotatable bonds is 5. The zero-order valence-electron chi connectivity index (χ0n) is 17.4. The van der Waals surface area contributed by atoms with E-state index in [1.807, 2.05) is 30.3 Å². The van der Waals surface area contributed by atoms with Crippen LogP contribution in [0.3, 0.4) is 0 Å². The Hall–Kier alpha value is -2.84. The Morgan fingerprint density at radius 3 is 2.48 bits per heavy atom. The standard InChI is InChI=1S/C23H20BrN3O3S/c1-11-19(14(4)28)12(2)26-20(11)21(29)13(3)27-10-25-17-9-18(31-22(17)23(27)30)15-5-7-16(24)8-6-15/h5-10,13,26H,1-4H3/t13-/m0/s1.